The van der Waals surface area contributed by atoms with E-state index >= 15 is 0 Å². The van der Waals surface area contributed by atoms with Gasteiger partial charge in [0.1, 0.15) is 5.00 Å². The minimum atomic E-state index is -1.20. The lowest BCUT2D eigenvalue weighted by Crippen LogP contribution is -2.48. The van der Waals surface area contributed by atoms with Crippen molar-refractivity contribution in [2.45, 2.75) is 13.0 Å². The SMILES string of the molecule is CNC(C(=O)O)C(=O)N(C)c1sccc1C. The Hall–Kier alpha value is -1.40. The number of nitrogens with one attached hydrogen (secondary N) is 1. The first-order valence-corrected chi connectivity index (χ1v) is 5.58. The van der Waals surface area contributed by atoms with Gasteiger partial charge in [0.25, 0.3) is 5.91 Å². The third kappa shape index (κ3) is 2.40. The van der Waals surface area contributed by atoms with Gasteiger partial charge in [0.2, 0.25) is 0 Å². The van der Waals surface area contributed by atoms with E-state index in [0.29, 0.717) is 0 Å². The number of hydrogen-bond donors (Lipinski definition) is 2. The Kier molecular flexibility index (Phi) is 4.03. The second-order valence-corrected chi connectivity index (χ2v) is 4.26. The van der Waals surface area contributed by atoms with Crippen molar-refractivity contribution in [1.82, 2.24) is 5.32 Å². The molecule has 0 bridgehead atoms. The van der Waals surface area contributed by atoms with Crippen molar-refractivity contribution in [3.05, 3.63) is 17.0 Å². The first-order valence-electron chi connectivity index (χ1n) is 4.70. The average molecular weight is 242 g/mol. The lowest BCUT2D eigenvalue weighted by Gasteiger charge is -2.20. The number of thiophene rings is 1. The van der Waals surface area contributed by atoms with E-state index in [1.165, 1.54) is 23.3 Å². The van der Waals surface area contributed by atoms with Crippen LogP contribution in [0.2, 0.25) is 0 Å². The second kappa shape index (κ2) is 5.09. The molecule has 0 saturated heterocycles. The maximum absolute atomic E-state index is 11.9. The molecule has 1 heterocycles. The summed E-state index contributed by atoms with van der Waals surface area (Å²) in [6.07, 6.45) is 0. The number of aliphatic carboxylic acids is 1. The lowest BCUT2D eigenvalue weighted by atomic mass is 10.2. The van der Waals surface area contributed by atoms with Crippen molar-refractivity contribution in [2.24, 2.45) is 0 Å². The number of anilines is 1. The monoisotopic (exact) mass is 242 g/mol. The van der Waals surface area contributed by atoms with E-state index in [4.69, 9.17) is 5.11 Å². The minimum absolute atomic E-state index is 0.472. The smallest absolute Gasteiger partial charge is 0.330 e. The summed E-state index contributed by atoms with van der Waals surface area (Å²) < 4.78 is 0. The van der Waals surface area contributed by atoms with Crippen molar-refractivity contribution < 1.29 is 14.7 Å². The van der Waals surface area contributed by atoms with Gasteiger partial charge in [-0.15, -0.1) is 11.3 Å². The van der Waals surface area contributed by atoms with E-state index in [9.17, 15) is 9.59 Å². The highest BCUT2D eigenvalue weighted by Crippen LogP contribution is 2.26. The standard InChI is InChI=1S/C10H14N2O3S/c1-6-4-5-16-9(6)12(3)8(13)7(11-2)10(14)15/h4-5,7,11H,1-3H3,(H,14,15). The van der Waals surface area contributed by atoms with Gasteiger partial charge >= 0.3 is 5.97 Å². The number of aryl methyl sites for hydroxylation is 1. The summed E-state index contributed by atoms with van der Waals surface area (Å²) in [5.74, 6) is -1.64. The highest BCUT2D eigenvalue weighted by Gasteiger charge is 2.28. The van der Waals surface area contributed by atoms with Crippen LogP contribution in [0.25, 0.3) is 0 Å². The van der Waals surface area contributed by atoms with Crippen molar-refractivity contribution >= 4 is 28.2 Å². The van der Waals surface area contributed by atoms with E-state index in [1.54, 1.807) is 7.05 Å². The molecule has 16 heavy (non-hydrogen) atoms. The zero-order valence-electron chi connectivity index (χ0n) is 9.35. The van der Waals surface area contributed by atoms with Gasteiger partial charge in [-0.25, -0.2) is 4.79 Å². The highest BCUT2D eigenvalue weighted by molar-refractivity contribution is 7.14. The number of carboxylic acids is 1. The molecule has 88 valence electrons. The fourth-order valence-electron chi connectivity index (χ4n) is 1.35. The minimum Gasteiger partial charge on any atom is -0.480 e. The molecular formula is C10H14N2O3S. The molecule has 0 spiro atoms. The molecule has 1 unspecified atom stereocenters. The molecule has 1 aromatic heterocycles. The first kappa shape index (κ1) is 12.7. The molecule has 1 atom stereocenters. The molecule has 0 aliphatic heterocycles. The van der Waals surface area contributed by atoms with Crippen LogP contribution in [0, 0.1) is 6.92 Å². The third-order valence-electron chi connectivity index (χ3n) is 2.25. The number of hydrogen-bond acceptors (Lipinski definition) is 4. The summed E-state index contributed by atoms with van der Waals surface area (Å²) in [5, 5.41) is 14.0. The fraction of sp³-hybridized carbons (Fsp3) is 0.400. The summed E-state index contributed by atoms with van der Waals surface area (Å²) in [4.78, 5) is 24.1. The molecule has 6 heteroatoms. The Morgan fingerprint density at radius 3 is 2.56 bits per heavy atom. The fourth-order valence-corrected chi connectivity index (χ4v) is 2.26. The van der Waals surface area contributed by atoms with Crippen LogP contribution in [0.5, 0.6) is 0 Å². The molecular weight excluding hydrogens is 228 g/mol. The van der Waals surface area contributed by atoms with Gasteiger partial charge in [0.15, 0.2) is 6.04 Å². The van der Waals surface area contributed by atoms with Gasteiger partial charge in [-0.2, -0.15) is 0 Å². The zero-order chi connectivity index (χ0) is 12.3. The lowest BCUT2D eigenvalue weighted by molar-refractivity contribution is -0.143. The molecule has 5 nitrogen and oxygen atoms in total. The Bertz CT molecular complexity index is 403. The summed E-state index contributed by atoms with van der Waals surface area (Å²) >= 11 is 1.41. The molecule has 1 aromatic rings. The number of amides is 1. The Morgan fingerprint density at radius 1 is 1.56 bits per heavy atom. The topological polar surface area (TPSA) is 69.6 Å². The Morgan fingerprint density at radius 2 is 2.19 bits per heavy atom. The van der Waals surface area contributed by atoms with Gasteiger partial charge in [-0.05, 0) is 31.0 Å². The van der Waals surface area contributed by atoms with Crippen molar-refractivity contribution in [3.8, 4) is 0 Å². The van der Waals surface area contributed by atoms with Crippen molar-refractivity contribution in [3.63, 3.8) is 0 Å². The third-order valence-corrected chi connectivity index (χ3v) is 3.34. The van der Waals surface area contributed by atoms with E-state index in [-0.39, 0.29) is 0 Å². The van der Waals surface area contributed by atoms with E-state index in [2.05, 4.69) is 5.32 Å². The predicted molar refractivity (Wildman–Crippen MR) is 62.9 cm³/mol. The second-order valence-electron chi connectivity index (χ2n) is 3.37. The highest BCUT2D eigenvalue weighted by atomic mass is 32.1. The Balaban J connectivity index is 2.90. The molecule has 2 N–H and O–H groups in total. The molecule has 0 fully saturated rings. The molecule has 0 radical (unpaired) electrons. The van der Waals surface area contributed by atoms with Crippen LogP contribution in [0.4, 0.5) is 5.00 Å². The Labute approximate surface area is 97.7 Å². The van der Waals surface area contributed by atoms with Gasteiger partial charge in [-0.1, -0.05) is 0 Å². The van der Waals surface area contributed by atoms with E-state index in [1.807, 2.05) is 18.4 Å². The number of likely N-dealkylation sites (N-methyl/N-ethyl adjacent to an activating group) is 2. The maximum Gasteiger partial charge on any atom is 0.330 e. The normalized spacial score (nSPS) is 12.2. The number of carboxylic acid groups (broad SMARTS) is 1. The van der Waals surface area contributed by atoms with Crippen molar-refractivity contribution in [2.75, 3.05) is 19.0 Å². The van der Waals surface area contributed by atoms with Gasteiger partial charge in [0, 0.05) is 7.05 Å². The number of rotatable bonds is 4. The largest absolute Gasteiger partial charge is 0.480 e. The van der Waals surface area contributed by atoms with Crippen LogP contribution >= 0.6 is 11.3 Å². The molecule has 0 aromatic carbocycles. The quantitative estimate of drug-likeness (QED) is 0.762. The summed E-state index contributed by atoms with van der Waals surface area (Å²) in [6.45, 7) is 1.88. The molecule has 0 saturated carbocycles. The maximum atomic E-state index is 11.9. The molecule has 1 rings (SSSR count). The van der Waals surface area contributed by atoms with E-state index in [0.717, 1.165) is 10.6 Å². The van der Waals surface area contributed by atoms with E-state index < -0.39 is 17.9 Å². The number of nitrogens with zero attached hydrogens (tertiary/aromatic N) is 1. The van der Waals surface area contributed by atoms with Gasteiger partial charge in [0.05, 0.1) is 0 Å². The summed E-state index contributed by atoms with van der Waals surface area (Å²) in [6, 6.07) is 0.686. The predicted octanol–water partition coefficient (Wildman–Crippen LogP) is 0.692. The molecule has 0 aliphatic carbocycles. The van der Waals surface area contributed by atoms with Gasteiger partial charge in [-0.3, -0.25) is 10.1 Å². The van der Waals surface area contributed by atoms with Crippen LogP contribution < -0.4 is 10.2 Å². The van der Waals surface area contributed by atoms with Crippen LogP contribution in [-0.4, -0.2) is 37.1 Å². The summed E-state index contributed by atoms with van der Waals surface area (Å²) in [7, 11) is 3.03. The van der Waals surface area contributed by atoms with Crippen LogP contribution in [0.1, 0.15) is 5.56 Å². The van der Waals surface area contributed by atoms with Crippen LogP contribution in [-0.2, 0) is 9.59 Å². The molecule has 1 amide bonds. The number of carbonyl (C=O) groups excluding carboxylic acids is 1. The zero-order valence-corrected chi connectivity index (χ0v) is 10.2. The van der Waals surface area contributed by atoms with Gasteiger partial charge < -0.3 is 10.0 Å². The number of carbonyl (C=O) groups is 2. The molecule has 0 aliphatic rings. The first-order chi connectivity index (χ1) is 7.49. The van der Waals surface area contributed by atoms with Crippen molar-refractivity contribution in [1.29, 1.82) is 0 Å². The average Bonchev–Trinajstić information content (AvgIpc) is 2.63. The van der Waals surface area contributed by atoms with Crippen LogP contribution in [0.3, 0.4) is 0 Å². The summed E-state index contributed by atoms with van der Waals surface area (Å²) in [5.41, 5.74) is 0.959. The van der Waals surface area contributed by atoms with Crippen LogP contribution in [0.15, 0.2) is 11.4 Å².